The molecule has 2 aromatic heterocycles. The highest BCUT2D eigenvalue weighted by atomic mass is 16.5. The van der Waals surface area contributed by atoms with Gasteiger partial charge >= 0.3 is 0 Å². The van der Waals surface area contributed by atoms with E-state index in [1.807, 2.05) is 24.0 Å². The van der Waals surface area contributed by atoms with Crippen LogP contribution in [0.4, 0.5) is 0 Å². The molecule has 0 aromatic carbocycles. The highest BCUT2D eigenvalue weighted by molar-refractivity contribution is 5.28. The summed E-state index contributed by atoms with van der Waals surface area (Å²) in [4.78, 5) is 4.28. The molecule has 0 aliphatic carbocycles. The van der Waals surface area contributed by atoms with E-state index >= 15 is 0 Å². The number of nitrogens with one attached hydrogen (secondary N) is 1. The second-order valence-electron chi connectivity index (χ2n) is 7.27. The van der Waals surface area contributed by atoms with Gasteiger partial charge in [0.15, 0.2) is 0 Å². The van der Waals surface area contributed by atoms with Crippen molar-refractivity contribution in [3.05, 3.63) is 40.8 Å². The summed E-state index contributed by atoms with van der Waals surface area (Å²) >= 11 is 0. The van der Waals surface area contributed by atoms with Gasteiger partial charge in [-0.15, -0.1) is 0 Å². The van der Waals surface area contributed by atoms with E-state index < -0.39 is 0 Å². The Morgan fingerprint density at radius 3 is 2.81 bits per heavy atom. The SMILES string of the molecule is COc1ccc(CC(C)NC[C@H]2CCO[C@@H]2c2c(C)nn(C)c2C)cn1. The van der Waals surface area contributed by atoms with Crippen molar-refractivity contribution >= 4 is 0 Å². The van der Waals surface area contributed by atoms with Crippen LogP contribution < -0.4 is 10.1 Å². The highest BCUT2D eigenvalue weighted by Crippen LogP contribution is 2.37. The maximum absolute atomic E-state index is 6.09. The molecule has 0 spiro atoms. The van der Waals surface area contributed by atoms with Crippen molar-refractivity contribution in [1.29, 1.82) is 0 Å². The van der Waals surface area contributed by atoms with Gasteiger partial charge in [0.2, 0.25) is 5.88 Å². The summed E-state index contributed by atoms with van der Waals surface area (Å²) in [6.45, 7) is 8.19. The Bertz CT molecular complexity index is 726. The third-order valence-corrected chi connectivity index (χ3v) is 5.34. The number of pyridine rings is 1. The third kappa shape index (κ3) is 4.07. The first-order valence-electron chi connectivity index (χ1n) is 9.33. The van der Waals surface area contributed by atoms with Gasteiger partial charge in [-0.1, -0.05) is 6.07 Å². The van der Waals surface area contributed by atoms with E-state index in [2.05, 4.69) is 42.2 Å². The van der Waals surface area contributed by atoms with Crippen LogP contribution in [0.2, 0.25) is 0 Å². The molecule has 6 nitrogen and oxygen atoms in total. The molecule has 1 fully saturated rings. The van der Waals surface area contributed by atoms with Crippen LogP contribution in [-0.4, -0.2) is 41.1 Å². The van der Waals surface area contributed by atoms with Crippen LogP contribution in [0.25, 0.3) is 0 Å². The van der Waals surface area contributed by atoms with Crippen LogP contribution in [0.1, 0.15) is 42.0 Å². The first-order chi connectivity index (χ1) is 12.5. The maximum atomic E-state index is 6.09. The van der Waals surface area contributed by atoms with Gasteiger partial charge in [0, 0.05) is 55.7 Å². The summed E-state index contributed by atoms with van der Waals surface area (Å²) in [5.41, 5.74) is 4.77. The molecule has 3 rings (SSSR count). The van der Waals surface area contributed by atoms with Gasteiger partial charge in [0.25, 0.3) is 0 Å². The van der Waals surface area contributed by atoms with Crippen molar-refractivity contribution in [1.82, 2.24) is 20.1 Å². The van der Waals surface area contributed by atoms with Crippen LogP contribution in [0.3, 0.4) is 0 Å². The lowest BCUT2D eigenvalue weighted by molar-refractivity contribution is 0.0888. The van der Waals surface area contributed by atoms with Crippen LogP contribution in [0.5, 0.6) is 5.88 Å². The van der Waals surface area contributed by atoms with Gasteiger partial charge < -0.3 is 14.8 Å². The number of ether oxygens (including phenoxy) is 2. The first-order valence-corrected chi connectivity index (χ1v) is 9.33. The van der Waals surface area contributed by atoms with E-state index in [1.54, 1.807) is 7.11 Å². The average Bonchev–Trinajstić information content (AvgIpc) is 3.18. The number of hydrogen-bond donors (Lipinski definition) is 1. The lowest BCUT2D eigenvalue weighted by Crippen LogP contribution is -2.33. The number of methoxy groups -OCH3 is 1. The Morgan fingerprint density at radius 1 is 1.38 bits per heavy atom. The highest BCUT2D eigenvalue weighted by Gasteiger charge is 2.33. The summed E-state index contributed by atoms with van der Waals surface area (Å²) in [6, 6.07) is 4.37. The molecule has 1 aliphatic rings. The molecule has 2 aromatic rings. The van der Waals surface area contributed by atoms with Gasteiger partial charge in [-0.2, -0.15) is 5.10 Å². The largest absolute Gasteiger partial charge is 0.481 e. The molecule has 26 heavy (non-hydrogen) atoms. The fourth-order valence-electron chi connectivity index (χ4n) is 3.79. The molecule has 0 bridgehead atoms. The summed E-state index contributed by atoms with van der Waals surface area (Å²) in [7, 11) is 3.64. The van der Waals surface area contributed by atoms with Crippen molar-refractivity contribution < 1.29 is 9.47 Å². The minimum absolute atomic E-state index is 0.144. The fourth-order valence-corrected chi connectivity index (χ4v) is 3.79. The Balaban J connectivity index is 1.57. The molecule has 142 valence electrons. The lowest BCUT2D eigenvalue weighted by atomic mass is 9.93. The van der Waals surface area contributed by atoms with Crippen molar-refractivity contribution in [3.63, 3.8) is 0 Å². The molecular weight excluding hydrogens is 328 g/mol. The minimum Gasteiger partial charge on any atom is -0.481 e. The Hall–Kier alpha value is -1.92. The predicted molar refractivity (Wildman–Crippen MR) is 101 cm³/mol. The molecule has 3 atom stereocenters. The van der Waals surface area contributed by atoms with E-state index in [1.165, 1.54) is 16.8 Å². The summed E-state index contributed by atoms with van der Waals surface area (Å²) in [6.07, 6.45) is 4.06. The number of aryl methyl sites for hydroxylation is 2. The third-order valence-electron chi connectivity index (χ3n) is 5.34. The van der Waals surface area contributed by atoms with Gasteiger partial charge in [-0.3, -0.25) is 4.68 Å². The molecule has 6 heteroatoms. The molecule has 3 heterocycles. The second kappa shape index (κ2) is 8.18. The molecule has 0 radical (unpaired) electrons. The molecule has 1 unspecified atom stereocenters. The Kier molecular flexibility index (Phi) is 5.94. The quantitative estimate of drug-likeness (QED) is 0.825. The zero-order chi connectivity index (χ0) is 18.7. The summed E-state index contributed by atoms with van der Waals surface area (Å²) in [5.74, 6) is 1.13. The lowest BCUT2D eigenvalue weighted by Gasteiger charge is -2.22. The molecular formula is C20H30N4O2. The normalized spacial score (nSPS) is 21.1. The van der Waals surface area contributed by atoms with E-state index in [9.17, 15) is 0 Å². The van der Waals surface area contributed by atoms with Crippen LogP contribution in [-0.2, 0) is 18.2 Å². The number of nitrogens with zero attached hydrogens (tertiary/aromatic N) is 3. The molecule has 1 aliphatic heterocycles. The predicted octanol–water partition coefficient (Wildman–Crippen LogP) is 2.74. The monoisotopic (exact) mass is 358 g/mol. The number of rotatable bonds is 7. The van der Waals surface area contributed by atoms with Crippen LogP contribution in [0, 0.1) is 19.8 Å². The standard InChI is InChI=1S/C20H30N4O2/c1-13(10-16-6-7-18(25-5)22-11-16)21-12-17-8-9-26-20(17)19-14(2)23-24(4)15(19)3/h6-7,11,13,17,20-21H,8-10,12H2,1-5H3/t13?,17-,20+/m1/s1. The minimum atomic E-state index is 0.144. The molecule has 0 amide bonds. The van der Waals surface area contributed by atoms with E-state index in [0.717, 1.165) is 31.7 Å². The first kappa shape index (κ1) is 18.9. The van der Waals surface area contributed by atoms with Gasteiger partial charge in [-0.05, 0) is 39.2 Å². The van der Waals surface area contributed by atoms with Gasteiger partial charge in [0.05, 0.1) is 18.9 Å². The smallest absolute Gasteiger partial charge is 0.212 e. The van der Waals surface area contributed by atoms with Crippen LogP contribution in [0.15, 0.2) is 18.3 Å². The van der Waals surface area contributed by atoms with Crippen LogP contribution >= 0.6 is 0 Å². The van der Waals surface area contributed by atoms with Crippen molar-refractivity contribution in [3.8, 4) is 5.88 Å². The zero-order valence-corrected chi connectivity index (χ0v) is 16.5. The average molecular weight is 358 g/mol. The number of aromatic nitrogens is 3. The summed E-state index contributed by atoms with van der Waals surface area (Å²) in [5, 5.41) is 8.23. The molecule has 0 saturated carbocycles. The topological polar surface area (TPSA) is 61.2 Å². The fraction of sp³-hybridized carbons (Fsp3) is 0.600. The van der Waals surface area contributed by atoms with E-state index in [-0.39, 0.29) is 6.10 Å². The number of hydrogen-bond acceptors (Lipinski definition) is 5. The van der Waals surface area contributed by atoms with E-state index in [4.69, 9.17) is 9.47 Å². The maximum Gasteiger partial charge on any atom is 0.212 e. The van der Waals surface area contributed by atoms with Crippen molar-refractivity contribution in [2.24, 2.45) is 13.0 Å². The summed E-state index contributed by atoms with van der Waals surface area (Å²) < 4.78 is 13.2. The molecule has 1 saturated heterocycles. The van der Waals surface area contributed by atoms with E-state index in [0.29, 0.717) is 17.8 Å². The van der Waals surface area contributed by atoms with Crippen molar-refractivity contribution in [2.45, 2.75) is 45.8 Å². The zero-order valence-electron chi connectivity index (χ0n) is 16.5. The molecule has 1 N–H and O–H groups in total. The second-order valence-corrected chi connectivity index (χ2v) is 7.27. The van der Waals surface area contributed by atoms with Gasteiger partial charge in [-0.25, -0.2) is 4.98 Å². The van der Waals surface area contributed by atoms with Gasteiger partial charge in [0.1, 0.15) is 0 Å². The van der Waals surface area contributed by atoms with Crippen molar-refractivity contribution in [2.75, 3.05) is 20.3 Å². The Labute approximate surface area is 155 Å². The Morgan fingerprint density at radius 2 is 2.19 bits per heavy atom.